The largest absolute Gasteiger partial charge is 0.480 e. The molecule has 1 N–H and O–H groups in total. The number of carboxylic acid groups (broad SMARTS) is 1. The number of nitrogens with zero attached hydrogens (tertiary/aromatic N) is 1. The van der Waals surface area contributed by atoms with Gasteiger partial charge in [-0.25, -0.2) is 0 Å². The van der Waals surface area contributed by atoms with Crippen LogP contribution in [0.1, 0.15) is 65.7 Å². The van der Waals surface area contributed by atoms with Crippen LogP contribution in [0.25, 0.3) is 0 Å². The molecule has 110 valence electrons. The second-order valence-electron chi connectivity index (χ2n) is 7.40. The molecular formula is C16H29NO2. The van der Waals surface area contributed by atoms with Crippen LogP contribution in [0.3, 0.4) is 0 Å². The summed E-state index contributed by atoms with van der Waals surface area (Å²) >= 11 is 0. The molecule has 1 saturated heterocycles. The summed E-state index contributed by atoms with van der Waals surface area (Å²) in [4.78, 5) is 14.4. The van der Waals surface area contributed by atoms with Crippen molar-refractivity contribution in [2.45, 2.75) is 71.3 Å². The van der Waals surface area contributed by atoms with E-state index in [0.29, 0.717) is 5.41 Å². The van der Waals surface area contributed by atoms with Gasteiger partial charge in [0, 0.05) is 0 Å². The fourth-order valence-corrected chi connectivity index (χ4v) is 4.27. The number of likely N-dealkylation sites (tertiary alicyclic amines) is 1. The monoisotopic (exact) mass is 267 g/mol. The normalized spacial score (nSPS) is 36.7. The van der Waals surface area contributed by atoms with Crippen LogP contribution in [0.2, 0.25) is 0 Å². The number of carbonyl (C=O) groups is 1. The van der Waals surface area contributed by atoms with E-state index in [1.165, 1.54) is 12.8 Å². The number of carboxylic acids is 1. The Kier molecular flexibility index (Phi) is 4.24. The van der Waals surface area contributed by atoms with Gasteiger partial charge < -0.3 is 5.11 Å². The fourth-order valence-electron chi connectivity index (χ4n) is 4.27. The molecule has 2 rings (SSSR count). The van der Waals surface area contributed by atoms with E-state index in [1.807, 2.05) is 0 Å². The molecule has 2 atom stereocenters. The number of rotatable bonds is 2. The molecule has 1 aliphatic heterocycles. The molecule has 3 nitrogen and oxygen atoms in total. The summed E-state index contributed by atoms with van der Waals surface area (Å²) in [7, 11) is 0. The topological polar surface area (TPSA) is 40.5 Å². The van der Waals surface area contributed by atoms with Crippen molar-refractivity contribution in [3.63, 3.8) is 0 Å². The fraction of sp³-hybridized carbons (Fsp3) is 0.938. The first-order valence-corrected chi connectivity index (χ1v) is 7.87. The third kappa shape index (κ3) is 2.81. The first-order valence-electron chi connectivity index (χ1n) is 7.87. The molecule has 0 radical (unpaired) electrons. The van der Waals surface area contributed by atoms with Gasteiger partial charge in [-0.3, -0.25) is 9.69 Å². The quantitative estimate of drug-likeness (QED) is 0.832. The Morgan fingerprint density at radius 3 is 2.16 bits per heavy atom. The van der Waals surface area contributed by atoms with Gasteiger partial charge in [0.15, 0.2) is 0 Å². The van der Waals surface area contributed by atoms with Crippen molar-refractivity contribution in [1.82, 2.24) is 4.90 Å². The molecule has 2 unspecified atom stereocenters. The summed E-state index contributed by atoms with van der Waals surface area (Å²) in [5, 5.41) is 9.93. The molecule has 19 heavy (non-hydrogen) atoms. The Hall–Kier alpha value is -0.570. The van der Waals surface area contributed by atoms with Crippen LogP contribution in [0, 0.1) is 11.3 Å². The maximum Gasteiger partial charge on any atom is 0.324 e. The first-order chi connectivity index (χ1) is 8.88. The smallest absolute Gasteiger partial charge is 0.324 e. The van der Waals surface area contributed by atoms with Gasteiger partial charge in [0.05, 0.1) is 0 Å². The summed E-state index contributed by atoms with van der Waals surface area (Å²) in [5.41, 5.74) is -0.302. The minimum absolute atomic E-state index is 0.242. The number of hydrogen-bond donors (Lipinski definition) is 1. The zero-order valence-electron chi connectivity index (χ0n) is 12.7. The first kappa shape index (κ1) is 14.8. The van der Waals surface area contributed by atoms with Gasteiger partial charge >= 0.3 is 5.97 Å². The van der Waals surface area contributed by atoms with E-state index in [-0.39, 0.29) is 5.92 Å². The van der Waals surface area contributed by atoms with Crippen molar-refractivity contribution in [3.05, 3.63) is 0 Å². The number of aliphatic carboxylic acids is 1. The standard InChI is InChI=1S/C16H29NO2/c1-13-12-15(2,3)8-9-16(13,14(18)19)17-10-6-4-5-7-11-17/h13H,4-12H2,1-3H3,(H,18,19). The van der Waals surface area contributed by atoms with Gasteiger partial charge in [0.25, 0.3) is 0 Å². The van der Waals surface area contributed by atoms with E-state index in [1.54, 1.807) is 0 Å². The summed E-state index contributed by atoms with van der Waals surface area (Å²) in [5.74, 6) is -0.343. The Balaban J connectivity index is 2.24. The highest BCUT2D eigenvalue weighted by molar-refractivity contribution is 5.79. The molecule has 0 amide bonds. The minimum atomic E-state index is -0.597. The van der Waals surface area contributed by atoms with Crippen molar-refractivity contribution in [1.29, 1.82) is 0 Å². The van der Waals surface area contributed by atoms with E-state index in [2.05, 4.69) is 25.7 Å². The van der Waals surface area contributed by atoms with E-state index < -0.39 is 11.5 Å². The van der Waals surface area contributed by atoms with Crippen molar-refractivity contribution < 1.29 is 9.90 Å². The van der Waals surface area contributed by atoms with E-state index in [0.717, 1.165) is 45.2 Å². The maximum atomic E-state index is 12.1. The summed E-state index contributed by atoms with van der Waals surface area (Å²) in [6.07, 6.45) is 7.70. The molecule has 1 aliphatic carbocycles. The lowest BCUT2D eigenvalue weighted by molar-refractivity contribution is -0.161. The molecular weight excluding hydrogens is 238 g/mol. The van der Waals surface area contributed by atoms with Crippen molar-refractivity contribution in [2.75, 3.05) is 13.1 Å². The SMILES string of the molecule is CC1CC(C)(C)CCC1(C(=O)O)N1CCCCCC1. The van der Waals surface area contributed by atoms with Crippen LogP contribution >= 0.6 is 0 Å². The van der Waals surface area contributed by atoms with Crippen LogP contribution in [0.5, 0.6) is 0 Å². The molecule has 0 spiro atoms. The predicted molar refractivity (Wildman–Crippen MR) is 77.2 cm³/mol. The molecule has 1 saturated carbocycles. The van der Waals surface area contributed by atoms with Gasteiger partial charge in [-0.1, -0.05) is 33.6 Å². The maximum absolute atomic E-state index is 12.1. The molecule has 3 heteroatoms. The lowest BCUT2D eigenvalue weighted by Gasteiger charge is -2.51. The van der Waals surface area contributed by atoms with Crippen LogP contribution in [-0.4, -0.2) is 34.6 Å². The summed E-state index contributed by atoms with van der Waals surface area (Å²) in [6.45, 7) is 8.64. The third-order valence-corrected chi connectivity index (χ3v) is 5.40. The van der Waals surface area contributed by atoms with Crippen LogP contribution < -0.4 is 0 Å². The van der Waals surface area contributed by atoms with E-state index >= 15 is 0 Å². The zero-order chi connectivity index (χ0) is 14.1. The number of hydrogen-bond acceptors (Lipinski definition) is 2. The lowest BCUT2D eigenvalue weighted by Crippen LogP contribution is -2.61. The average Bonchev–Trinajstić information content (AvgIpc) is 2.57. The van der Waals surface area contributed by atoms with Crippen molar-refractivity contribution in [2.24, 2.45) is 11.3 Å². The van der Waals surface area contributed by atoms with Gasteiger partial charge in [0.2, 0.25) is 0 Å². The Morgan fingerprint density at radius 2 is 1.68 bits per heavy atom. The van der Waals surface area contributed by atoms with E-state index in [4.69, 9.17) is 0 Å². The zero-order valence-corrected chi connectivity index (χ0v) is 12.7. The Labute approximate surface area is 117 Å². The lowest BCUT2D eigenvalue weighted by atomic mass is 9.63. The Bertz CT molecular complexity index is 332. The molecule has 0 aromatic carbocycles. The molecule has 1 heterocycles. The highest BCUT2D eigenvalue weighted by Crippen LogP contribution is 2.47. The van der Waals surface area contributed by atoms with E-state index in [9.17, 15) is 9.90 Å². The molecule has 0 bridgehead atoms. The molecule has 2 aliphatic rings. The highest BCUT2D eigenvalue weighted by atomic mass is 16.4. The van der Waals surface area contributed by atoms with Gasteiger partial charge in [-0.2, -0.15) is 0 Å². The van der Waals surface area contributed by atoms with Crippen molar-refractivity contribution >= 4 is 5.97 Å². The molecule has 0 aromatic rings. The summed E-state index contributed by atoms with van der Waals surface area (Å²) < 4.78 is 0. The second-order valence-corrected chi connectivity index (χ2v) is 7.40. The van der Waals surface area contributed by atoms with Gasteiger partial charge in [0.1, 0.15) is 5.54 Å². The molecule has 0 aromatic heterocycles. The average molecular weight is 267 g/mol. The van der Waals surface area contributed by atoms with Crippen LogP contribution in [0.4, 0.5) is 0 Å². The highest BCUT2D eigenvalue weighted by Gasteiger charge is 2.52. The summed E-state index contributed by atoms with van der Waals surface area (Å²) in [6, 6.07) is 0. The van der Waals surface area contributed by atoms with Crippen LogP contribution in [0.15, 0.2) is 0 Å². The van der Waals surface area contributed by atoms with Gasteiger partial charge in [-0.15, -0.1) is 0 Å². The van der Waals surface area contributed by atoms with Crippen LogP contribution in [-0.2, 0) is 4.79 Å². The third-order valence-electron chi connectivity index (χ3n) is 5.40. The predicted octanol–water partition coefficient (Wildman–Crippen LogP) is 3.53. The second kappa shape index (κ2) is 5.43. The molecule has 2 fully saturated rings. The Morgan fingerprint density at radius 1 is 1.11 bits per heavy atom. The minimum Gasteiger partial charge on any atom is -0.480 e. The van der Waals surface area contributed by atoms with Gasteiger partial charge in [-0.05, 0) is 56.5 Å². The van der Waals surface area contributed by atoms with Crippen molar-refractivity contribution in [3.8, 4) is 0 Å².